The molecule has 8 nitrogen and oxygen atoms in total. The number of hydrogen-bond acceptors (Lipinski definition) is 4. The zero-order valence-corrected chi connectivity index (χ0v) is 17.2. The molecule has 0 spiro atoms. The molecule has 2 N–H and O–H groups in total. The monoisotopic (exact) mass is 415 g/mol. The van der Waals surface area contributed by atoms with Crippen LogP contribution in [0.5, 0.6) is 0 Å². The third-order valence-corrected chi connectivity index (χ3v) is 5.83. The van der Waals surface area contributed by atoms with Gasteiger partial charge in [0, 0.05) is 51.2 Å². The van der Waals surface area contributed by atoms with Crippen molar-refractivity contribution in [3.63, 3.8) is 0 Å². The molecule has 1 amide bonds. The lowest BCUT2D eigenvalue weighted by Gasteiger charge is -2.36. The number of rotatable bonds is 6. The second-order valence-corrected chi connectivity index (χ2v) is 8.29. The van der Waals surface area contributed by atoms with Crippen molar-refractivity contribution in [1.29, 1.82) is 0 Å². The standard InChI is InChI=1S/C17H26ClN5O3S/c1-3-19-17(23-11-9-22(10-12-23)14(2)24)20-7-8-21-27(25,26)16-6-4-5-15(18)13-16/h4-6,13,21H,3,7-12H2,1-2H3,(H,19,20). The Morgan fingerprint density at radius 3 is 2.48 bits per heavy atom. The van der Waals surface area contributed by atoms with Gasteiger partial charge in [0.25, 0.3) is 0 Å². The van der Waals surface area contributed by atoms with Gasteiger partial charge in [0.1, 0.15) is 0 Å². The average Bonchev–Trinajstić information content (AvgIpc) is 2.64. The molecule has 1 saturated heterocycles. The van der Waals surface area contributed by atoms with Gasteiger partial charge in [0.2, 0.25) is 15.9 Å². The van der Waals surface area contributed by atoms with Gasteiger partial charge in [-0.2, -0.15) is 0 Å². The molecule has 2 rings (SSSR count). The van der Waals surface area contributed by atoms with Crippen molar-refractivity contribution in [2.75, 3.05) is 45.8 Å². The van der Waals surface area contributed by atoms with Gasteiger partial charge in [-0.25, -0.2) is 13.1 Å². The van der Waals surface area contributed by atoms with Crippen LogP contribution in [0.2, 0.25) is 5.02 Å². The van der Waals surface area contributed by atoms with Gasteiger partial charge in [-0.3, -0.25) is 9.79 Å². The van der Waals surface area contributed by atoms with E-state index in [1.165, 1.54) is 12.1 Å². The van der Waals surface area contributed by atoms with Crippen molar-refractivity contribution in [2.45, 2.75) is 18.7 Å². The Labute approximate surface area is 165 Å². The molecular formula is C17H26ClN5O3S. The van der Waals surface area contributed by atoms with Crippen molar-refractivity contribution in [3.05, 3.63) is 29.3 Å². The molecule has 150 valence electrons. The summed E-state index contributed by atoms with van der Waals surface area (Å²) in [6.07, 6.45) is 0. The summed E-state index contributed by atoms with van der Waals surface area (Å²) >= 11 is 5.85. The van der Waals surface area contributed by atoms with Crippen molar-refractivity contribution in [3.8, 4) is 0 Å². The molecule has 0 bridgehead atoms. The first kappa shape index (κ1) is 21.5. The topological polar surface area (TPSA) is 94.1 Å². The predicted octanol–water partition coefficient (Wildman–Crippen LogP) is 0.748. The molecule has 1 aliphatic heterocycles. The molecule has 1 aliphatic rings. The van der Waals surface area contributed by atoms with E-state index in [1.54, 1.807) is 24.0 Å². The Morgan fingerprint density at radius 2 is 1.89 bits per heavy atom. The second-order valence-electron chi connectivity index (χ2n) is 6.08. The van der Waals surface area contributed by atoms with E-state index in [-0.39, 0.29) is 17.3 Å². The molecule has 0 unspecified atom stereocenters. The summed E-state index contributed by atoms with van der Waals surface area (Å²) in [7, 11) is -3.62. The van der Waals surface area contributed by atoms with Crippen molar-refractivity contribution in [2.24, 2.45) is 4.99 Å². The fourth-order valence-corrected chi connectivity index (χ4v) is 4.04. The van der Waals surface area contributed by atoms with Crippen molar-refractivity contribution < 1.29 is 13.2 Å². The van der Waals surface area contributed by atoms with E-state index in [9.17, 15) is 13.2 Å². The molecule has 0 radical (unpaired) electrons. The second kappa shape index (κ2) is 9.91. The Morgan fingerprint density at radius 1 is 1.22 bits per heavy atom. The number of sulfonamides is 1. The maximum atomic E-state index is 12.3. The Kier molecular flexibility index (Phi) is 7.88. The molecule has 0 aliphatic carbocycles. The zero-order valence-electron chi connectivity index (χ0n) is 15.6. The maximum Gasteiger partial charge on any atom is 0.240 e. The van der Waals surface area contributed by atoms with Crippen LogP contribution in [0.15, 0.2) is 34.2 Å². The van der Waals surface area contributed by atoms with Gasteiger partial charge in [-0.05, 0) is 25.1 Å². The van der Waals surface area contributed by atoms with Crippen LogP contribution < -0.4 is 10.0 Å². The first-order chi connectivity index (χ1) is 12.8. The molecular weight excluding hydrogens is 390 g/mol. The highest BCUT2D eigenvalue weighted by molar-refractivity contribution is 7.89. The molecule has 1 aromatic carbocycles. The van der Waals surface area contributed by atoms with Gasteiger partial charge >= 0.3 is 0 Å². The normalized spacial score (nSPS) is 15.7. The molecule has 0 atom stereocenters. The van der Waals surface area contributed by atoms with Crippen LogP contribution in [0, 0.1) is 0 Å². The number of guanidine groups is 1. The van der Waals surface area contributed by atoms with Gasteiger partial charge in [-0.1, -0.05) is 17.7 Å². The summed E-state index contributed by atoms with van der Waals surface area (Å²) in [4.78, 5) is 19.9. The lowest BCUT2D eigenvalue weighted by atomic mass is 10.3. The van der Waals surface area contributed by atoms with E-state index in [1.807, 2.05) is 6.92 Å². The summed E-state index contributed by atoms with van der Waals surface area (Å²) in [6.45, 7) is 7.43. The van der Waals surface area contributed by atoms with Crippen molar-refractivity contribution >= 4 is 33.5 Å². The van der Waals surface area contributed by atoms with Crippen LogP contribution in [-0.4, -0.2) is 75.9 Å². The van der Waals surface area contributed by atoms with Crippen LogP contribution in [-0.2, 0) is 14.8 Å². The lowest BCUT2D eigenvalue weighted by molar-refractivity contribution is -0.130. The van der Waals surface area contributed by atoms with Gasteiger partial charge < -0.3 is 15.1 Å². The number of benzene rings is 1. The van der Waals surface area contributed by atoms with E-state index in [4.69, 9.17) is 11.6 Å². The molecule has 0 saturated carbocycles. The van der Waals surface area contributed by atoms with E-state index < -0.39 is 10.0 Å². The summed E-state index contributed by atoms with van der Waals surface area (Å²) in [6, 6.07) is 6.13. The molecule has 1 aromatic rings. The Hall–Kier alpha value is -1.84. The van der Waals surface area contributed by atoms with Crippen molar-refractivity contribution in [1.82, 2.24) is 19.8 Å². The molecule has 27 heavy (non-hydrogen) atoms. The lowest BCUT2D eigenvalue weighted by Crippen LogP contribution is -2.53. The van der Waals surface area contributed by atoms with E-state index >= 15 is 0 Å². The van der Waals surface area contributed by atoms with Gasteiger partial charge in [-0.15, -0.1) is 0 Å². The quantitative estimate of drug-likeness (QED) is 0.406. The molecule has 1 fully saturated rings. The first-order valence-corrected chi connectivity index (χ1v) is 10.7. The molecule has 0 aromatic heterocycles. The number of hydrogen-bond donors (Lipinski definition) is 2. The summed E-state index contributed by atoms with van der Waals surface area (Å²) < 4.78 is 27.1. The SMILES string of the molecule is CCNC(=NCCNS(=O)(=O)c1cccc(Cl)c1)N1CCN(C(C)=O)CC1. The smallest absolute Gasteiger partial charge is 0.240 e. The predicted molar refractivity (Wildman–Crippen MR) is 106 cm³/mol. The highest BCUT2D eigenvalue weighted by Crippen LogP contribution is 2.14. The minimum absolute atomic E-state index is 0.0759. The van der Waals surface area contributed by atoms with E-state index in [0.717, 1.165) is 5.96 Å². The summed E-state index contributed by atoms with van der Waals surface area (Å²) in [5.74, 6) is 0.801. The number of carbonyl (C=O) groups excluding carboxylic acids is 1. The van der Waals surface area contributed by atoms with Gasteiger partial charge in [0.05, 0.1) is 11.4 Å². The van der Waals surface area contributed by atoms with E-state index in [0.29, 0.717) is 44.3 Å². The third-order valence-electron chi connectivity index (χ3n) is 4.13. The van der Waals surface area contributed by atoms with Crippen LogP contribution in [0.25, 0.3) is 0 Å². The van der Waals surface area contributed by atoms with Gasteiger partial charge in [0.15, 0.2) is 5.96 Å². The third kappa shape index (κ3) is 6.37. The highest BCUT2D eigenvalue weighted by Gasteiger charge is 2.21. The number of halogens is 1. The van der Waals surface area contributed by atoms with Crippen LogP contribution >= 0.6 is 11.6 Å². The van der Waals surface area contributed by atoms with E-state index in [2.05, 4.69) is 19.9 Å². The minimum Gasteiger partial charge on any atom is -0.357 e. The van der Waals surface area contributed by atoms with Crippen LogP contribution in [0.3, 0.4) is 0 Å². The number of carbonyl (C=O) groups is 1. The zero-order chi connectivity index (χ0) is 19.9. The average molecular weight is 416 g/mol. The highest BCUT2D eigenvalue weighted by atomic mass is 35.5. The van der Waals surface area contributed by atoms with Crippen LogP contribution in [0.4, 0.5) is 0 Å². The largest absolute Gasteiger partial charge is 0.357 e. The number of nitrogens with one attached hydrogen (secondary N) is 2. The van der Waals surface area contributed by atoms with Crippen LogP contribution in [0.1, 0.15) is 13.8 Å². The summed E-state index contributed by atoms with van der Waals surface area (Å²) in [5, 5.41) is 3.58. The first-order valence-electron chi connectivity index (χ1n) is 8.87. The molecule has 1 heterocycles. The number of aliphatic imine (C=N–C) groups is 1. The Bertz CT molecular complexity index is 777. The number of nitrogens with zero attached hydrogens (tertiary/aromatic N) is 3. The number of piperazine rings is 1. The minimum atomic E-state index is -3.62. The number of amides is 1. The fraction of sp³-hybridized carbons (Fsp3) is 0.529. The Balaban J connectivity index is 1.91. The maximum absolute atomic E-state index is 12.3. The fourth-order valence-electron chi connectivity index (χ4n) is 2.72. The molecule has 10 heteroatoms. The summed E-state index contributed by atoms with van der Waals surface area (Å²) in [5.41, 5.74) is 0.